The van der Waals surface area contributed by atoms with Crippen molar-refractivity contribution in [2.24, 2.45) is 0 Å². The Morgan fingerprint density at radius 1 is 1.30 bits per heavy atom. The van der Waals surface area contributed by atoms with Crippen LogP contribution in [-0.4, -0.2) is 33.6 Å². The first-order valence-electron chi connectivity index (χ1n) is 2.00. The van der Waals surface area contributed by atoms with Crippen LogP contribution in [0.3, 0.4) is 0 Å². The molecule has 0 aliphatic carbocycles. The van der Waals surface area contributed by atoms with Crippen molar-refractivity contribution >= 4 is 20.2 Å². The normalized spacial score (nSPS) is 13.4. The van der Waals surface area contributed by atoms with Crippen LogP contribution in [0.15, 0.2) is 0 Å². The van der Waals surface area contributed by atoms with Crippen LogP contribution in [0.1, 0.15) is 0 Å². The Labute approximate surface area is 58.7 Å². The van der Waals surface area contributed by atoms with E-state index in [1.807, 2.05) is 0 Å². The third-order valence-corrected chi connectivity index (χ3v) is 1.52. The summed E-state index contributed by atoms with van der Waals surface area (Å²) in [6.07, 6.45) is 0.679. The molecular formula is C2H6O6S2. The summed E-state index contributed by atoms with van der Waals surface area (Å²) in [7, 11) is -8.16. The Kier molecular flexibility index (Phi) is 2.77. The lowest BCUT2D eigenvalue weighted by atomic mass is 11.7. The monoisotopic (exact) mass is 190 g/mol. The van der Waals surface area contributed by atoms with Crippen molar-refractivity contribution in [2.75, 3.05) is 12.2 Å². The summed E-state index contributed by atoms with van der Waals surface area (Å²) in [6, 6.07) is 0. The summed E-state index contributed by atoms with van der Waals surface area (Å²) in [4.78, 5) is 0. The molecule has 0 radical (unpaired) electrons. The third-order valence-electron chi connectivity index (χ3n) is 0.411. The summed E-state index contributed by atoms with van der Waals surface area (Å²) >= 11 is 0. The van der Waals surface area contributed by atoms with Gasteiger partial charge in [-0.25, -0.2) is 0 Å². The van der Waals surface area contributed by atoms with E-state index in [0.29, 0.717) is 6.26 Å². The zero-order valence-corrected chi connectivity index (χ0v) is 6.65. The molecular weight excluding hydrogens is 184 g/mol. The highest BCUT2D eigenvalue weighted by molar-refractivity contribution is 7.88. The first kappa shape index (κ1) is 9.82. The second-order valence-corrected chi connectivity index (χ2v) is 4.57. The van der Waals surface area contributed by atoms with E-state index in [9.17, 15) is 16.8 Å². The van der Waals surface area contributed by atoms with Crippen LogP contribution in [0, 0.1) is 0 Å². The molecule has 0 aromatic rings. The maximum atomic E-state index is 10.1. The molecule has 0 bridgehead atoms. The molecule has 6 nitrogen and oxygen atoms in total. The molecule has 0 amide bonds. The van der Waals surface area contributed by atoms with Crippen molar-refractivity contribution in [3.63, 3.8) is 0 Å². The smallest absolute Gasteiger partial charge is 0.284 e. The summed E-state index contributed by atoms with van der Waals surface area (Å²) in [6.45, 7) is 0. The summed E-state index contributed by atoms with van der Waals surface area (Å²) < 4.78 is 51.5. The van der Waals surface area contributed by atoms with E-state index in [2.05, 4.69) is 4.18 Å². The summed E-state index contributed by atoms with van der Waals surface area (Å²) in [5.74, 6) is -1.23. The van der Waals surface area contributed by atoms with Crippen LogP contribution >= 0.6 is 0 Å². The van der Waals surface area contributed by atoms with Crippen LogP contribution in [0.4, 0.5) is 0 Å². The Balaban J connectivity index is 4.05. The van der Waals surface area contributed by atoms with Gasteiger partial charge in [-0.05, 0) is 0 Å². The molecule has 0 heterocycles. The highest BCUT2D eigenvalue weighted by Gasteiger charge is 2.09. The molecule has 1 N–H and O–H groups in total. The van der Waals surface area contributed by atoms with E-state index in [4.69, 9.17) is 4.55 Å². The van der Waals surface area contributed by atoms with Gasteiger partial charge < -0.3 is 0 Å². The fraction of sp³-hybridized carbons (Fsp3) is 1.00. The fourth-order valence-corrected chi connectivity index (χ4v) is 1.33. The van der Waals surface area contributed by atoms with Gasteiger partial charge in [0, 0.05) is 0 Å². The molecule has 62 valence electrons. The Morgan fingerprint density at radius 3 is 1.80 bits per heavy atom. The lowest BCUT2D eigenvalue weighted by Crippen LogP contribution is -2.12. The minimum Gasteiger partial charge on any atom is -0.284 e. The van der Waals surface area contributed by atoms with Crippen molar-refractivity contribution < 1.29 is 25.6 Å². The average molecular weight is 190 g/mol. The third kappa shape index (κ3) is 7.82. The van der Waals surface area contributed by atoms with Crippen molar-refractivity contribution in [1.29, 1.82) is 0 Å². The molecule has 0 saturated carbocycles. The van der Waals surface area contributed by atoms with E-state index in [1.165, 1.54) is 0 Å². The lowest BCUT2D eigenvalue weighted by Gasteiger charge is -1.95. The van der Waals surface area contributed by atoms with Crippen molar-refractivity contribution in [3.8, 4) is 0 Å². The molecule has 0 aromatic carbocycles. The van der Waals surface area contributed by atoms with Crippen LogP contribution in [0.2, 0.25) is 0 Å². The predicted molar refractivity (Wildman–Crippen MR) is 32.3 cm³/mol. The average Bonchev–Trinajstić information content (AvgIpc) is 1.57. The molecule has 10 heavy (non-hydrogen) atoms. The highest BCUT2D eigenvalue weighted by Crippen LogP contribution is 1.90. The van der Waals surface area contributed by atoms with Crippen LogP contribution < -0.4 is 0 Å². The SMILES string of the molecule is CS(=O)(=O)OCS(=O)(=O)O. The van der Waals surface area contributed by atoms with E-state index < -0.39 is 26.2 Å². The van der Waals surface area contributed by atoms with E-state index in [0.717, 1.165) is 0 Å². The lowest BCUT2D eigenvalue weighted by molar-refractivity contribution is 0.352. The number of rotatable bonds is 3. The minimum atomic E-state index is -4.36. The van der Waals surface area contributed by atoms with E-state index in [-0.39, 0.29) is 0 Å². The van der Waals surface area contributed by atoms with Crippen LogP contribution in [0.5, 0.6) is 0 Å². The molecule has 0 atom stereocenters. The Morgan fingerprint density at radius 2 is 1.70 bits per heavy atom. The quantitative estimate of drug-likeness (QED) is 0.443. The van der Waals surface area contributed by atoms with Crippen molar-refractivity contribution in [3.05, 3.63) is 0 Å². The van der Waals surface area contributed by atoms with Crippen LogP contribution in [0.25, 0.3) is 0 Å². The molecule has 0 rings (SSSR count). The minimum absolute atomic E-state index is 0.679. The highest BCUT2D eigenvalue weighted by atomic mass is 32.2. The molecule has 0 unspecified atom stereocenters. The second-order valence-electron chi connectivity index (χ2n) is 1.52. The first-order valence-corrected chi connectivity index (χ1v) is 5.43. The maximum Gasteiger partial charge on any atom is 0.290 e. The van der Waals surface area contributed by atoms with E-state index in [1.54, 1.807) is 0 Å². The zero-order valence-electron chi connectivity index (χ0n) is 5.01. The maximum absolute atomic E-state index is 10.1. The molecule has 0 fully saturated rings. The van der Waals surface area contributed by atoms with Crippen molar-refractivity contribution in [2.45, 2.75) is 0 Å². The summed E-state index contributed by atoms with van der Waals surface area (Å²) in [5, 5.41) is 0. The van der Waals surface area contributed by atoms with Crippen molar-refractivity contribution in [1.82, 2.24) is 0 Å². The Hall–Kier alpha value is -0.180. The van der Waals surface area contributed by atoms with E-state index >= 15 is 0 Å². The number of hydrogen-bond acceptors (Lipinski definition) is 5. The second kappa shape index (κ2) is 2.82. The van der Waals surface area contributed by atoms with Crippen LogP contribution in [-0.2, 0) is 24.4 Å². The van der Waals surface area contributed by atoms with Gasteiger partial charge in [0.15, 0.2) is 5.94 Å². The molecule has 0 saturated heterocycles. The van der Waals surface area contributed by atoms with Gasteiger partial charge in [0.2, 0.25) is 0 Å². The fourth-order valence-electron chi connectivity index (χ4n) is 0.148. The van der Waals surface area contributed by atoms with Gasteiger partial charge in [0.25, 0.3) is 20.2 Å². The zero-order chi connectivity index (χ0) is 8.41. The molecule has 8 heteroatoms. The largest absolute Gasteiger partial charge is 0.290 e. The summed E-state index contributed by atoms with van der Waals surface area (Å²) in [5.41, 5.74) is 0. The van der Waals surface area contributed by atoms with Gasteiger partial charge in [0.05, 0.1) is 6.26 Å². The van der Waals surface area contributed by atoms with Gasteiger partial charge in [-0.2, -0.15) is 16.8 Å². The Bertz CT molecular complexity index is 250. The van der Waals surface area contributed by atoms with Gasteiger partial charge in [-0.1, -0.05) is 0 Å². The topological polar surface area (TPSA) is 97.7 Å². The molecule has 0 spiro atoms. The van der Waals surface area contributed by atoms with Gasteiger partial charge in [-0.15, -0.1) is 0 Å². The van der Waals surface area contributed by atoms with Gasteiger partial charge >= 0.3 is 0 Å². The van der Waals surface area contributed by atoms with Gasteiger partial charge in [0.1, 0.15) is 0 Å². The standard InChI is InChI=1S/C2H6O6S2/c1-9(3,4)8-2-10(5,6)7/h2H2,1H3,(H,5,6,7). The predicted octanol–water partition coefficient (Wildman–Crippen LogP) is -1.19. The first-order chi connectivity index (χ1) is 4.21. The molecule has 0 aliphatic rings. The van der Waals surface area contributed by atoms with Gasteiger partial charge in [-0.3, -0.25) is 8.74 Å². The number of hydrogen-bond donors (Lipinski definition) is 1. The molecule has 0 aliphatic heterocycles. The molecule has 0 aromatic heterocycles.